The van der Waals surface area contributed by atoms with E-state index < -0.39 is 28.3 Å². The van der Waals surface area contributed by atoms with E-state index in [4.69, 9.17) is 11.6 Å². The maximum Gasteiger partial charge on any atom is 0.335 e. The number of urea groups is 1. The van der Waals surface area contributed by atoms with Gasteiger partial charge in [-0.05, 0) is 48.6 Å². The molecule has 0 aromatic heterocycles. The van der Waals surface area contributed by atoms with Crippen molar-refractivity contribution in [2.45, 2.75) is 39.5 Å². The Labute approximate surface area is 155 Å². The van der Waals surface area contributed by atoms with Gasteiger partial charge in [0.15, 0.2) is 0 Å². The molecule has 5 nitrogen and oxygen atoms in total. The van der Waals surface area contributed by atoms with Gasteiger partial charge in [-0.1, -0.05) is 38.3 Å². The Bertz CT molecular complexity index is 691. The van der Waals surface area contributed by atoms with Crippen molar-refractivity contribution in [3.8, 4) is 0 Å². The Hall–Kier alpha value is -1.66. The third kappa shape index (κ3) is 4.70. The summed E-state index contributed by atoms with van der Waals surface area (Å²) in [4.78, 5) is 38.8. The van der Waals surface area contributed by atoms with Gasteiger partial charge in [-0.25, -0.2) is 9.69 Å². The monoisotopic (exact) mass is 382 g/mol. The Kier molecular flexibility index (Phi) is 7.20. The molecule has 1 fully saturated rings. The van der Waals surface area contributed by atoms with Crippen molar-refractivity contribution in [2.24, 2.45) is 0 Å². The lowest BCUT2D eigenvalue weighted by Gasteiger charge is -2.28. The summed E-state index contributed by atoms with van der Waals surface area (Å²) in [5.41, 5.74) is 0.409. The number of nitrogens with one attached hydrogen (secondary N) is 1. The molecule has 4 amide bonds. The van der Waals surface area contributed by atoms with Gasteiger partial charge in [0.05, 0.1) is 5.69 Å². The summed E-state index contributed by atoms with van der Waals surface area (Å²) in [6, 6.07) is 5.71. The van der Waals surface area contributed by atoms with Gasteiger partial charge in [0.25, 0.3) is 11.8 Å². The van der Waals surface area contributed by atoms with Crippen LogP contribution in [-0.2, 0) is 9.59 Å². The normalized spacial score (nSPS) is 15.1. The van der Waals surface area contributed by atoms with E-state index in [1.165, 1.54) is 0 Å². The van der Waals surface area contributed by atoms with Crippen molar-refractivity contribution in [2.75, 3.05) is 16.4 Å². The Morgan fingerprint density at radius 3 is 2.08 bits per heavy atom. The maximum atomic E-state index is 13.0. The molecule has 0 bridgehead atoms. The third-order valence-corrected chi connectivity index (χ3v) is 6.64. The number of unbranched alkanes of at least 4 members (excludes halogenated alkanes) is 2. The van der Waals surface area contributed by atoms with Crippen LogP contribution >= 0.6 is 22.1 Å². The molecule has 1 aromatic rings. The summed E-state index contributed by atoms with van der Waals surface area (Å²) in [6.45, 7) is 4.16. The highest BCUT2D eigenvalue weighted by Crippen LogP contribution is 2.26. The predicted octanol–water partition coefficient (Wildman–Crippen LogP) is 3.96. The van der Waals surface area contributed by atoms with Crippen LogP contribution in [0.1, 0.15) is 39.5 Å². The summed E-state index contributed by atoms with van der Waals surface area (Å²) in [5, 5.41) is 2.83. The second-order valence-corrected chi connectivity index (χ2v) is 8.46. The highest BCUT2D eigenvalue weighted by atomic mass is 35.5. The van der Waals surface area contributed by atoms with Crippen LogP contribution in [0.25, 0.3) is 0 Å². The van der Waals surface area contributed by atoms with Gasteiger partial charge < -0.3 is 0 Å². The quantitative estimate of drug-likeness (QED) is 0.725. The Morgan fingerprint density at radius 1 is 1.00 bits per heavy atom. The summed E-state index contributed by atoms with van der Waals surface area (Å²) in [5.74, 6) is 0.545. The van der Waals surface area contributed by atoms with Crippen LogP contribution < -0.4 is 10.2 Å². The van der Waals surface area contributed by atoms with Crippen LogP contribution in [0.3, 0.4) is 0 Å². The van der Waals surface area contributed by atoms with Crippen molar-refractivity contribution in [1.82, 2.24) is 5.32 Å². The van der Waals surface area contributed by atoms with E-state index in [-0.39, 0.29) is 4.86 Å². The number of hydrogen-bond donors (Lipinski definition) is 1. The molecule has 1 N–H and O–H groups in total. The summed E-state index contributed by atoms with van der Waals surface area (Å²) in [7, 11) is -0.450. The molecule has 1 heterocycles. The number of nitrogens with zero attached hydrogens (tertiary/aromatic N) is 1. The average Bonchev–Trinajstić information content (AvgIpc) is 2.58. The number of rotatable bonds is 7. The molecule has 0 radical (unpaired) electrons. The largest absolute Gasteiger partial charge is 0.335 e. The highest BCUT2D eigenvalue weighted by Gasteiger charge is 2.38. The van der Waals surface area contributed by atoms with Gasteiger partial charge in [-0.2, -0.15) is 10.5 Å². The molecular weight excluding hydrogens is 360 g/mol. The van der Waals surface area contributed by atoms with E-state index in [1.54, 1.807) is 24.3 Å². The highest BCUT2D eigenvalue weighted by molar-refractivity contribution is 8.18. The molecule has 1 aromatic carbocycles. The van der Waals surface area contributed by atoms with Crippen molar-refractivity contribution < 1.29 is 14.4 Å². The lowest BCUT2D eigenvalue weighted by molar-refractivity contribution is -0.117. The standard InChI is InChI=1S/C18H23ClN2O3S/c1-3-5-11-25(12-6-4-2)15-16(22)20-18(24)21(17(15)23)14-9-7-13(19)8-10-14/h7-10H,3-6,11-12H2,1-2H3,(H,20,22,24). The minimum Gasteiger partial charge on any atom is -0.273 e. The molecule has 0 saturated carbocycles. The number of benzene rings is 1. The van der Waals surface area contributed by atoms with Crippen LogP contribution in [-0.4, -0.2) is 34.2 Å². The fraction of sp³-hybridized carbons (Fsp3) is 0.444. The van der Waals surface area contributed by atoms with Crippen molar-refractivity contribution in [3.05, 3.63) is 29.3 Å². The zero-order chi connectivity index (χ0) is 18.4. The second kappa shape index (κ2) is 9.15. The molecule has 0 spiro atoms. The minimum atomic E-state index is -0.712. The zero-order valence-electron chi connectivity index (χ0n) is 14.5. The van der Waals surface area contributed by atoms with Gasteiger partial charge in [0.2, 0.25) is 0 Å². The van der Waals surface area contributed by atoms with E-state index >= 15 is 0 Å². The number of carbonyl (C=O) groups is 3. The Morgan fingerprint density at radius 2 is 1.56 bits per heavy atom. The second-order valence-electron chi connectivity index (χ2n) is 5.81. The number of barbiturate groups is 1. The smallest absolute Gasteiger partial charge is 0.273 e. The van der Waals surface area contributed by atoms with Crippen molar-refractivity contribution in [1.29, 1.82) is 0 Å². The van der Waals surface area contributed by atoms with Crippen LogP contribution in [0.15, 0.2) is 24.3 Å². The number of imide groups is 2. The first kappa shape index (κ1) is 19.7. The first-order chi connectivity index (χ1) is 12.0. The molecule has 136 valence electrons. The molecular formula is C18H23ClN2O3S. The molecule has 0 atom stereocenters. The lowest BCUT2D eigenvalue weighted by atomic mass is 10.2. The van der Waals surface area contributed by atoms with E-state index in [2.05, 4.69) is 19.2 Å². The van der Waals surface area contributed by atoms with Gasteiger partial charge in [-0.3, -0.25) is 14.9 Å². The van der Waals surface area contributed by atoms with Gasteiger partial charge in [-0.15, -0.1) is 0 Å². The fourth-order valence-electron chi connectivity index (χ4n) is 2.52. The number of amides is 4. The summed E-state index contributed by atoms with van der Waals surface area (Å²) in [6.07, 6.45) is 3.90. The topological polar surface area (TPSA) is 66.5 Å². The minimum absolute atomic E-state index is 0.219. The van der Waals surface area contributed by atoms with Crippen LogP contribution in [0.4, 0.5) is 10.5 Å². The predicted molar refractivity (Wildman–Crippen MR) is 105 cm³/mol. The van der Waals surface area contributed by atoms with E-state index in [0.29, 0.717) is 10.7 Å². The maximum absolute atomic E-state index is 13.0. The Balaban J connectivity index is 2.43. The molecule has 25 heavy (non-hydrogen) atoms. The SMILES string of the molecule is CCCCS(CCCC)=C1C(=O)NC(=O)N(c2ccc(Cl)cc2)C1=O. The van der Waals surface area contributed by atoms with Crippen molar-refractivity contribution >= 4 is 50.5 Å². The van der Waals surface area contributed by atoms with Gasteiger partial charge in [0, 0.05) is 5.02 Å². The molecule has 1 saturated heterocycles. The average molecular weight is 383 g/mol. The van der Waals surface area contributed by atoms with E-state index in [0.717, 1.165) is 42.1 Å². The molecule has 1 aliphatic heterocycles. The summed E-state index contributed by atoms with van der Waals surface area (Å²) < 4.78 is 0. The molecule has 0 unspecified atom stereocenters. The van der Waals surface area contributed by atoms with Crippen LogP contribution in [0.2, 0.25) is 5.02 Å². The van der Waals surface area contributed by atoms with Crippen molar-refractivity contribution in [3.63, 3.8) is 0 Å². The number of carbonyl (C=O) groups excluding carboxylic acids is 3. The molecule has 2 rings (SSSR count). The van der Waals surface area contributed by atoms with Gasteiger partial charge >= 0.3 is 6.03 Å². The lowest BCUT2D eigenvalue weighted by Crippen LogP contribution is -2.59. The first-order valence-corrected chi connectivity index (χ1v) is 10.4. The fourth-order valence-corrected chi connectivity index (χ4v) is 5.19. The third-order valence-electron chi connectivity index (χ3n) is 3.89. The van der Waals surface area contributed by atoms with Gasteiger partial charge in [0.1, 0.15) is 4.86 Å². The molecule has 7 heteroatoms. The van der Waals surface area contributed by atoms with Crippen LogP contribution in [0.5, 0.6) is 0 Å². The molecule has 1 aliphatic rings. The number of halogens is 1. The summed E-state index contributed by atoms with van der Waals surface area (Å²) >= 11 is 5.88. The molecule has 0 aliphatic carbocycles. The van der Waals surface area contributed by atoms with E-state index in [9.17, 15) is 14.4 Å². The zero-order valence-corrected chi connectivity index (χ0v) is 16.1. The van der Waals surface area contributed by atoms with Crippen LogP contribution in [0, 0.1) is 0 Å². The van der Waals surface area contributed by atoms with E-state index in [1.807, 2.05) is 0 Å². The first-order valence-electron chi connectivity index (χ1n) is 8.49. The number of hydrogen-bond acceptors (Lipinski definition) is 3. The number of anilines is 1.